The Labute approximate surface area is 287 Å². The largest absolute Gasteiger partial charge is 0.497 e. The van der Waals surface area contributed by atoms with Gasteiger partial charge in [0.25, 0.3) is 15.9 Å². The minimum Gasteiger partial charge on any atom is -0.497 e. The Morgan fingerprint density at radius 3 is 2.48 bits per heavy atom. The number of nitrogens with one attached hydrogen (secondary N) is 1. The van der Waals surface area contributed by atoms with Gasteiger partial charge >= 0.3 is 0 Å². The molecule has 2 aromatic carbocycles. The van der Waals surface area contributed by atoms with Crippen molar-refractivity contribution in [1.29, 1.82) is 0 Å². The van der Waals surface area contributed by atoms with Crippen molar-refractivity contribution in [3.63, 3.8) is 0 Å². The Balaban J connectivity index is 1.66. The molecule has 1 aliphatic heterocycles. The number of carbonyl (C=O) groups excluding carboxylic acids is 1. The molecule has 2 N–H and O–H groups in total. The van der Waals surface area contributed by atoms with Gasteiger partial charge in [0.1, 0.15) is 15.7 Å². The molecule has 1 aromatic heterocycles. The van der Waals surface area contributed by atoms with Crippen LogP contribution in [-0.2, 0) is 24.8 Å². The van der Waals surface area contributed by atoms with Crippen LogP contribution in [0.15, 0.2) is 69.1 Å². The summed E-state index contributed by atoms with van der Waals surface area (Å²) in [6, 6.07) is 13.2. The lowest BCUT2D eigenvalue weighted by Gasteiger charge is -2.35. The fraction of sp³-hybridized carbons (Fsp3) is 0.485. The van der Waals surface area contributed by atoms with Gasteiger partial charge < -0.3 is 24.2 Å². The highest BCUT2D eigenvalue weighted by Crippen LogP contribution is 2.30. The fourth-order valence-electron chi connectivity index (χ4n) is 5.35. The number of rotatable bonds is 10. The van der Waals surface area contributed by atoms with E-state index in [1.165, 1.54) is 47.6 Å². The molecule has 0 fully saturated rings. The molecule has 3 aromatic rings. The number of ether oxygens (including phenoxy) is 3. The molecule has 1 amide bonds. The van der Waals surface area contributed by atoms with Crippen LogP contribution < -0.4 is 14.2 Å². The zero-order valence-corrected chi connectivity index (χ0v) is 30.3. The summed E-state index contributed by atoms with van der Waals surface area (Å²) in [6.07, 6.45) is 1.26. The summed E-state index contributed by atoms with van der Waals surface area (Å²) >= 11 is 1.08. The van der Waals surface area contributed by atoms with E-state index in [0.29, 0.717) is 30.9 Å². The van der Waals surface area contributed by atoms with Crippen molar-refractivity contribution < 1.29 is 40.9 Å². The molecule has 0 aliphatic carbocycles. The first-order chi connectivity index (χ1) is 22.8. The van der Waals surface area contributed by atoms with Crippen LogP contribution in [0.3, 0.4) is 0 Å². The number of thiophene rings is 1. The zero-order chi connectivity index (χ0) is 35.1. The van der Waals surface area contributed by atoms with E-state index in [9.17, 15) is 26.7 Å². The monoisotopic (exact) mass is 723 g/mol. The molecule has 4 rings (SSSR count). The van der Waals surface area contributed by atoms with Gasteiger partial charge in [-0.1, -0.05) is 13.0 Å². The average molecular weight is 724 g/mol. The predicted octanol–water partition coefficient (Wildman–Crippen LogP) is 4.67. The van der Waals surface area contributed by atoms with Gasteiger partial charge in [0.2, 0.25) is 10.0 Å². The van der Waals surface area contributed by atoms with E-state index in [-0.39, 0.29) is 52.1 Å². The number of nitrogens with zero attached hydrogens (tertiary/aromatic N) is 2. The van der Waals surface area contributed by atoms with Crippen LogP contribution in [0.2, 0.25) is 0 Å². The van der Waals surface area contributed by atoms with Crippen LogP contribution in [0.25, 0.3) is 0 Å². The number of aliphatic hydroxyl groups is 1. The van der Waals surface area contributed by atoms with Crippen molar-refractivity contribution in [3.05, 3.63) is 65.5 Å². The molecule has 48 heavy (non-hydrogen) atoms. The Hall–Kier alpha value is -3.21. The van der Waals surface area contributed by atoms with Gasteiger partial charge in [-0.3, -0.25) is 9.52 Å². The first kappa shape index (κ1) is 37.6. The maximum Gasteiger partial charge on any atom is 0.271 e. The number of likely N-dealkylation sites (N-methyl/N-ethyl adjacent to an activating group) is 1. The second-order valence-electron chi connectivity index (χ2n) is 12.0. The first-order valence-corrected chi connectivity index (χ1v) is 19.6. The first-order valence-electron chi connectivity index (χ1n) is 15.8. The van der Waals surface area contributed by atoms with Gasteiger partial charge in [-0.2, -0.15) is 4.31 Å². The quantitative estimate of drug-likeness (QED) is 0.304. The number of benzene rings is 2. The zero-order valence-electron chi connectivity index (χ0n) is 27.9. The van der Waals surface area contributed by atoms with Crippen LogP contribution in [0, 0.1) is 5.92 Å². The Morgan fingerprint density at radius 2 is 1.83 bits per heavy atom. The van der Waals surface area contributed by atoms with Gasteiger partial charge in [0, 0.05) is 38.3 Å². The molecule has 0 radical (unpaired) electrons. The highest BCUT2D eigenvalue weighted by atomic mass is 32.2. The molecule has 0 spiro atoms. The summed E-state index contributed by atoms with van der Waals surface area (Å²) in [5, 5.41) is 11.9. The number of sulfonamides is 2. The normalized spacial score (nSPS) is 20.8. The third-order valence-electron chi connectivity index (χ3n) is 8.27. The van der Waals surface area contributed by atoms with Crippen molar-refractivity contribution in [3.8, 4) is 11.5 Å². The van der Waals surface area contributed by atoms with Crippen LogP contribution in [-0.4, -0.2) is 95.8 Å². The van der Waals surface area contributed by atoms with Gasteiger partial charge in [0.05, 0.1) is 42.4 Å². The van der Waals surface area contributed by atoms with Gasteiger partial charge in [-0.25, -0.2) is 16.8 Å². The molecular weight excluding hydrogens is 679 g/mol. The van der Waals surface area contributed by atoms with Crippen molar-refractivity contribution in [2.75, 3.05) is 45.2 Å². The van der Waals surface area contributed by atoms with Gasteiger partial charge in [0.15, 0.2) is 0 Å². The van der Waals surface area contributed by atoms with E-state index >= 15 is 0 Å². The van der Waals surface area contributed by atoms with E-state index in [0.717, 1.165) is 17.8 Å². The van der Waals surface area contributed by atoms with Crippen molar-refractivity contribution in [2.45, 2.75) is 67.4 Å². The highest BCUT2D eigenvalue weighted by Gasteiger charge is 2.32. The Kier molecular flexibility index (Phi) is 12.9. The SMILES string of the molecule is COc1ccc(S(=O)(=O)N(C)C[C@@H]2OCCCC[C@@H](C)Oc3ccc(NS(=O)(=O)c4cccs4)cc3C(=O)N([C@H](C)CO)C[C@H]2C)cc1. The average Bonchev–Trinajstić information content (AvgIpc) is 3.62. The molecule has 0 unspecified atom stereocenters. The topological polar surface area (TPSA) is 152 Å². The molecule has 0 saturated heterocycles. The molecule has 4 atom stereocenters. The summed E-state index contributed by atoms with van der Waals surface area (Å²) in [6.45, 7) is 5.65. The van der Waals surface area contributed by atoms with Crippen molar-refractivity contribution >= 4 is 43.0 Å². The lowest BCUT2D eigenvalue weighted by Crippen LogP contribution is -2.48. The van der Waals surface area contributed by atoms with Gasteiger partial charge in [-0.05, 0) is 87.0 Å². The van der Waals surface area contributed by atoms with Crippen molar-refractivity contribution in [1.82, 2.24) is 9.21 Å². The maximum atomic E-state index is 14.3. The number of hydrogen-bond acceptors (Lipinski definition) is 10. The van der Waals surface area contributed by atoms with Gasteiger partial charge in [-0.15, -0.1) is 11.3 Å². The van der Waals surface area contributed by atoms with Crippen LogP contribution in [0.1, 0.15) is 50.4 Å². The molecule has 0 bridgehead atoms. The third-order valence-corrected chi connectivity index (χ3v) is 12.9. The van der Waals surface area contributed by atoms with E-state index in [4.69, 9.17) is 14.2 Å². The van der Waals surface area contributed by atoms with Crippen LogP contribution in [0.5, 0.6) is 11.5 Å². The summed E-state index contributed by atoms with van der Waals surface area (Å²) in [4.78, 5) is 15.9. The summed E-state index contributed by atoms with van der Waals surface area (Å²) < 4.78 is 74.6. The number of hydrogen-bond donors (Lipinski definition) is 2. The molecule has 2 heterocycles. The smallest absolute Gasteiger partial charge is 0.271 e. The number of anilines is 1. The third kappa shape index (κ3) is 9.27. The lowest BCUT2D eigenvalue weighted by molar-refractivity contribution is -0.00833. The minimum atomic E-state index is -3.89. The number of aliphatic hydroxyl groups excluding tert-OH is 1. The van der Waals surface area contributed by atoms with E-state index < -0.39 is 38.1 Å². The van der Waals surface area contributed by atoms with E-state index in [2.05, 4.69) is 4.72 Å². The number of carbonyl (C=O) groups is 1. The summed E-state index contributed by atoms with van der Waals surface area (Å²) in [5.74, 6) is -0.0128. The van der Waals surface area contributed by atoms with E-state index in [1.54, 1.807) is 42.6 Å². The minimum absolute atomic E-state index is 0.0236. The Morgan fingerprint density at radius 1 is 1.10 bits per heavy atom. The molecule has 264 valence electrons. The number of amides is 1. The van der Waals surface area contributed by atoms with Crippen LogP contribution >= 0.6 is 11.3 Å². The second kappa shape index (κ2) is 16.5. The number of fused-ring (bicyclic) bond motifs is 1. The fourth-order valence-corrected chi connectivity index (χ4v) is 8.58. The van der Waals surface area contributed by atoms with Crippen LogP contribution in [0.4, 0.5) is 5.69 Å². The molecule has 12 nitrogen and oxygen atoms in total. The second-order valence-corrected chi connectivity index (χ2v) is 16.9. The molecule has 0 saturated carbocycles. The van der Waals surface area contributed by atoms with E-state index in [1.807, 2.05) is 13.8 Å². The standard InChI is InChI=1S/C33H45N3O9S3/c1-23-20-36(24(2)22-37)33(38)29-19-26(34-47(39,40)32-10-8-18-46-32)11-16-30(29)45-25(3)9-6-7-17-44-31(23)21-35(4)48(41,42)28-14-12-27(43-5)13-15-28/h8,10-16,18-19,23-25,31,34,37H,6-7,9,17,20-22H2,1-5H3/t23-,24-,25-,31+/m1/s1. The predicted molar refractivity (Wildman–Crippen MR) is 185 cm³/mol. The van der Waals surface area contributed by atoms with Crippen molar-refractivity contribution in [2.24, 2.45) is 5.92 Å². The molecule has 15 heteroatoms. The highest BCUT2D eigenvalue weighted by molar-refractivity contribution is 7.94. The maximum absolute atomic E-state index is 14.3. The number of methoxy groups -OCH3 is 1. The molecule has 1 aliphatic rings. The Bertz CT molecular complexity index is 1720. The summed E-state index contributed by atoms with van der Waals surface area (Å²) in [7, 11) is -4.76. The summed E-state index contributed by atoms with van der Waals surface area (Å²) in [5.41, 5.74) is 0.318. The lowest BCUT2D eigenvalue weighted by atomic mass is 10.0. The molecular formula is C33H45N3O9S3.